The minimum Gasteiger partial charge on any atom is -0.461 e. The van der Waals surface area contributed by atoms with Crippen LogP contribution in [0.2, 0.25) is 0 Å². The first-order valence-corrected chi connectivity index (χ1v) is 6.48. The molecule has 5 heteroatoms. The van der Waals surface area contributed by atoms with E-state index in [2.05, 4.69) is 25.9 Å². The Labute approximate surface area is 118 Å². The Balaban J connectivity index is 2.11. The van der Waals surface area contributed by atoms with Crippen LogP contribution in [0.25, 0.3) is 0 Å². The Kier molecular flexibility index (Phi) is 3.13. The van der Waals surface area contributed by atoms with E-state index in [0.717, 1.165) is 27.6 Å². The number of ether oxygens (including phenoxy) is 1. The predicted octanol–water partition coefficient (Wildman–Crippen LogP) is 3.19. The van der Waals surface area contributed by atoms with E-state index in [0.29, 0.717) is 5.90 Å². The Morgan fingerprint density at radius 3 is 2.74 bits per heavy atom. The number of benzene rings is 1. The summed E-state index contributed by atoms with van der Waals surface area (Å²) in [4.78, 5) is 19.6. The van der Waals surface area contributed by atoms with Gasteiger partial charge in [0.2, 0.25) is 5.90 Å². The summed E-state index contributed by atoms with van der Waals surface area (Å²) >= 11 is 3.38. The summed E-state index contributed by atoms with van der Waals surface area (Å²) in [7, 11) is 0. The van der Waals surface area contributed by atoms with Crippen LogP contribution in [0, 0.1) is 0 Å². The summed E-state index contributed by atoms with van der Waals surface area (Å²) in [6, 6.07) is 9.19. The zero-order valence-corrected chi connectivity index (χ0v) is 11.4. The minimum atomic E-state index is -0.631. The summed E-state index contributed by atoms with van der Waals surface area (Å²) in [6.07, 6.45) is 3.47. The predicted molar refractivity (Wildman–Crippen MR) is 74.5 cm³/mol. The lowest BCUT2D eigenvalue weighted by molar-refractivity contribution is -0.114. The number of nitrogens with zero attached hydrogens (tertiary/aromatic N) is 2. The van der Waals surface area contributed by atoms with Crippen molar-refractivity contribution < 1.29 is 9.53 Å². The molecule has 1 aromatic heterocycles. The molecule has 94 valence electrons. The number of aldehydes is 1. The van der Waals surface area contributed by atoms with Crippen molar-refractivity contribution in [2.75, 3.05) is 0 Å². The van der Waals surface area contributed by atoms with Gasteiger partial charge in [-0.05, 0) is 30.3 Å². The molecule has 1 unspecified atom stereocenters. The molecule has 1 atom stereocenters. The largest absolute Gasteiger partial charge is 0.461 e. The van der Waals surface area contributed by atoms with Gasteiger partial charge in [-0.3, -0.25) is 9.78 Å². The van der Waals surface area contributed by atoms with Crippen molar-refractivity contribution in [1.82, 2.24) is 4.98 Å². The first-order chi connectivity index (χ1) is 9.28. The van der Waals surface area contributed by atoms with Crippen LogP contribution in [-0.2, 0) is 9.53 Å². The number of halogens is 1. The maximum atomic E-state index is 11.2. The van der Waals surface area contributed by atoms with Crippen LogP contribution in [0.4, 0.5) is 5.69 Å². The number of carbonyl (C=O) groups excluding carboxylic acids is 1. The quantitative estimate of drug-likeness (QED) is 0.799. The lowest BCUT2D eigenvalue weighted by Crippen LogP contribution is -2.17. The average molecular weight is 317 g/mol. The van der Waals surface area contributed by atoms with Crippen molar-refractivity contribution >= 4 is 33.8 Å². The van der Waals surface area contributed by atoms with Crippen LogP contribution in [0.1, 0.15) is 17.2 Å². The highest BCUT2D eigenvalue weighted by Crippen LogP contribution is 2.34. The molecule has 0 fully saturated rings. The smallest absolute Gasteiger partial charge is 0.222 e. The number of hydrogen-bond donors (Lipinski definition) is 0. The van der Waals surface area contributed by atoms with Gasteiger partial charge in [0, 0.05) is 28.0 Å². The second-order valence-corrected chi connectivity index (χ2v) is 4.95. The van der Waals surface area contributed by atoms with Gasteiger partial charge in [0.15, 0.2) is 12.4 Å². The molecule has 0 spiro atoms. The van der Waals surface area contributed by atoms with Crippen LogP contribution in [0.5, 0.6) is 0 Å². The monoisotopic (exact) mass is 316 g/mol. The molecule has 3 rings (SSSR count). The Morgan fingerprint density at radius 2 is 2.00 bits per heavy atom. The topological polar surface area (TPSA) is 51.5 Å². The molecular formula is C14H9BrN2O2. The van der Waals surface area contributed by atoms with E-state index in [1.807, 2.05) is 18.2 Å². The SMILES string of the molecule is O=CC1OC(c2ccncc2)=Nc2ccc(Br)cc21. The zero-order chi connectivity index (χ0) is 13.2. The fourth-order valence-electron chi connectivity index (χ4n) is 1.90. The Bertz CT molecular complexity index is 656. The summed E-state index contributed by atoms with van der Waals surface area (Å²) in [5.74, 6) is 0.439. The second-order valence-electron chi connectivity index (χ2n) is 4.03. The number of carbonyl (C=O) groups is 1. The third-order valence-corrected chi connectivity index (χ3v) is 3.30. The van der Waals surface area contributed by atoms with Gasteiger partial charge in [-0.1, -0.05) is 15.9 Å². The van der Waals surface area contributed by atoms with Gasteiger partial charge < -0.3 is 4.74 Å². The molecule has 0 radical (unpaired) electrons. The van der Waals surface area contributed by atoms with Crippen molar-refractivity contribution in [2.24, 2.45) is 4.99 Å². The van der Waals surface area contributed by atoms with E-state index in [1.54, 1.807) is 24.5 Å². The van der Waals surface area contributed by atoms with Crippen molar-refractivity contribution in [3.63, 3.8) is 0 Å². The number of rotatable bonds is 2. The summed E-state index contributed by atoms with van der Waals surface area (Å²) in [5.41, 5.74) is 2.32. The number of pyridine rings is 1. The molecule has 4 nitrogen and oxygen atoms in total. The molecule has 0 bridgehead atoms. The highest BCUT2D eigenvalue weighted by Gasteiger charge is 2.24. The van der Waals surface area contributed by atoms with Crippen molar-refractivity contribution in [1.29, 1.82) is 0 Å². The highest BCUT2D eigenvalue weighted by molar-refractivity contribution is 9.10. The molecule has 2 aromatic rings. The number of fused-ring (bicyclic) bond motifs is 1. The molecule has 0 aliphatic carbocycles. The van der Waals surface area contributed by atoms with Gasteiger partial charge in [0.1, 0.15) is 0 Å². The van der Waals surface area contributed by atoms with Crippen molar-refractivity contribution in [2.45, 2.75) is 6.10 Å². The van der Waals surface area contributed by atoms with Crippen LogP contribution in [-0.4, -0.2) is 17.2 Å². The van der Waals surface area contributed by atoms with E-state index in [-0.39, 0.29) is 0 Å². The van der Waals surface area contributed by atoms with E-state index >= 15 is 0 Å². The van der Waals surface area contributed by atoms with Crippen LogP contribution in [0.3, 0.4) is 0 Å². The van der Waals surface area contributed by atoms with Crippen molar-refractivity contribution in [3.8, 4) is 0 Å². The van der Waals surface area contributed by atoms with Gasteiger partial charge in [-0.2, -0.15) is 0 Å². The normalized spacial score (nSPS) is 17.1. The lowest BCUT2D eigenvalue weighted by Gasteiger charge is -2.22. The first-order valence-electron chi connectivity index (χ1n) is 5.68. The maximum absolute atomic E-state index is 11.2. The van der Waals surface area contributed by atoms with E-state index in [1.165, 1.54) is 0 Å². The van der Waals surface area contributed by atoms with Gasteiger partial charge in [0.05, 0.1) is 5.69 Å². The lowest BCUT2D eigenvalue weighted by atomic mass is 10.1. The molecule has 1 aliphatic heterocycles. The van der Waals surface area contributed by atoms with Gasteiger partial charge >= 0.3 is 0 Å². The Hall–Kier alpha value is -2.01. The van der Waals surface area contributed by atoms with Crippen LogP contribution >= 0.6 is 15.9 Å². The molecule has 1 aliphatic rings. The van der Waals surface area contributed by atoms with E-state index in [9.17, 15) is 4.79 Å². The third kappa shape index (κ3) is 2.29. The summed E-state index contributed by atoms with van der Waals surface area (Å²) < 4.78 is 6.53. The fourth-order valence-corrected chi connectivity index (χ4v) is 2.28. The van der Waals surface area contributed by atoms with E-state index < -0.39 is 6.10 Å². The van der Waals surface area contributed by atoms with Crippen LogP contribution in [0.15, 0.2) is 52.2 Å². The average Bonchev–Trinajstić information content (AvgIpc) is 2.47. The second kappa shape index (κ2) is 4.93. The minimum absolute atomic E-state index is 0.439. The molecular weight excluding hydrogens is 308 g/mol. The zero-order valence-electron chi connectivity index (χ0n) is 9.79. The number of aromatic nitrogens is 1. The third-order valence-electron chi connectivity index (χ3n) is 2.81. The number of aliphatic imine (C=N–C) groups is 1. The van der Waals surface area contributed by atoms with E-state index in [4.69, 9.17) is 4.74 Å². The molecule has 2 heterocycles. The maximum Gasteiger partial charge on any atom is 0.222 e. The van der Waals surface area contributed by atoms with Crippen LogP contribution < -0.4 is 0 Å². The van der Waals surface area contributed by atoms with Crippen molar-refractivity contribution in [3.05, 3.63) is 58.3 Å². The molecule has 1 aromatic carbocycles. The fraction of sp³-hybridized carbons (Fsp3) is 0.0714. The molecule has 0 saturated heterocycles. The van der Waals surface area contributed by atoms with Gasteiger partial charge in [-0.25, -0.2) is 4.99 Å². The highest BCUT2D eigenvalue weighted by atomic mass is 79.9. The molecule has 0 amide bonds. The standard InChI is InChI=1S/C14H9BrN2O2/c15-10-1-2-12-11(7-10)13(8-18)19-14(17-12)9-3-5-16-6-4-9/h1-8,13H. The molecule has 0 N–H and O–H groups in total. The summed E-state index contributed by atoms with van der Waals surface area (Å²) in [6.45, 7) is 0. The Morgan fingerprint density at radius 1 is 1.21 bits per heavy atom. The summed E-state index contributed by atoms with van der Waals surface area (Å²) in [5, 5.41) is 0. The first kappa shape index (κ1) is 12.0. The van der Waals surface area contributed by atoms with Gasteiger partial charge in [-0.15, -0.1) is 0 Å². The number of hydrogen-bond acceptors (Lipinski definition) is 4. The molecule has 0 saturated carbocycles. The molecule has 19 heavy (non-hydrogen) atoms. The van der Waals surface area contributed by atoms with Gasteiger partial charge in [0.25, 0.3) is 0 Å².